The number of carbonyl (C=O) groups excluding carboxylic acids is 2. The van der Waals surface area contributed by atoms with Crippen molar-refractivity contribution in [1.29, 1.82) is 0 Å². The van der Waals surface area contributed by atoms with Gasteiger partial charge in [-0.25, -0.2) is 23.7 Å². The molecule has 282 valence electrons. The number of carbonyl (C=O) groups is 2. The normalized spacial score (nSPS) is 19.5. The minimum Gasteiger partial charge on any atom is -0.490 e. The Kier molecular flexibility index (Phi) is 9.00. The second kappa shape index (κ2) is 14.3. The molecule has 3 aliphatic rings. The van der Waals surface area contributed by atoms with E-state index in [1.807, 2.05) is 59.2 Å². The molecular weight excluding hydrogens is 704 g/mol. The van der Waals surface area contributed by atoms with Crippen LogP contribution in [0.1, 0.15) is 43.3 Å². The van der Waals surface area contributed by atoms with Crippen LogP contribution in [0.3, 0.4) is 0 Å². The second-order valence-corrected chi connectivity index (χ2v) is 14.4. The molecule has 2 aromatic carbocycles. The van der Waals surface area contributed by atoms with Gasteiger partial charge in [0.15, 0.2) is 5.65 Å². The van der Waals surface area contributed by atoms with Crippen LogP contribution in [0.25, 0.3) is 28.1 Å². The molecule has 15 heteroatoms. The lowest BCUT2D eigenvalue weighted by atomic mass is 10.0. The quantitative estimate of drug-likeness (QED) is 0.216. The molecule has 0 saturated carbocycles. The molecular formula is C40H41FN10O4. The molecule has 3 fully saturated rings. The first-order chi connectivity index (χ1) is 26.8. The minimum absolute atomic E-state index is 0.0588. The predicted octanol–water partition coefficient (Wildman–Crippen LogP) is 4.10. The molecule has 14 nitrogen and oxygen atoms in total. The molecule has 0 aliphatic carbocycles. The first kappa shape index (κ1) is 34.7. The Morgan fingerprint density at radius 1 is 0.891 bits per heavy atom. The standard InChI is InChI=1S/C40H41FN10O4/c1-46-38-30(50(40(46)54)31-13-16-37(52)44-39(31)53)9-4-11-33(38)55-23-22-47-18-20-48(21-19-47)35-12-3-8-28(43-35)32-25-42-34-14-15-36(45-51(32)34)49-17-5-10-29(49)26-6-2-7-27(41)24-26/h2-4,6-9,11-12,14-15,24-25,29,31H,5,10,13,16-23H2,1H3,(H,44,52,53)/t29-,31?/m1/s1. The second-order valence-electron chi connectivity index (χ2n) is 14.4. The van der Waals surface area contributed by atoms with Crippen molar-refractivity contribution >= 4 is 40.1 Å². The Morgan fingerprint density at radius 3 is 2.56 bits per heavy atom. The maximum absolute atomic E-state index is 14.1. The number of imide groups is 1. The van der Waals surface area contributed by atoms with Crippen LogP contribution < -0.4 is 25.5 Å². The molecule has 4 aromatic heterocycles. The third kappa shape index (κ3) is 6.47. The number of ether oxygens (including phenoxy) is 1. The number of piperazine rings is 1. The Labute approximate surface area is 315 Å². The zero-order valence-electron chi connectivity index (χ0n) is 30.5. The van der Waals surface area contributed by atoms with Crippen molar-refractivity contribution in [3.63, 3.8) is 0 Å². The van der Waals surface area contributed by atoms with Crippen molar-refractivity contribution in [2.75, 3.05) is 55.7 Å². The van der Waals surface area contributed by atoms with Crippen molar-refractivity contribution in [2.45, 2.75) is 37.8 Å². The maximum atomic E-state index is 14.1. The van der Waals surface area contributed by atoms with Gasteiger partial charge in [0.1, 0.15) is 47.1 Å². The molecule has 3 aliphatic heterocycles. The van der Waals surface area contributed by atoms with Gasteiger partial charge < -0.3 is 14.5 Å². The lowest BCUT2D eigenvalue weighted by molar-refractivity contribution is -0.135. The van der Waals surface area contributed by atoms with Gasteiger partial charge in [0, 0.05) is 52.7 Å². The number of rotatable bonds is 9. The van der Waals surface area contributed by atoms with E-state index in [0.717, 1.165) is 79.8 Å². The minimum atomic E-state index is -0.748. The summed E-state index contributed by atoms with van der Waals surface area (Å²) in [6.45, 7) is 5.20. The summed E-state index contributed by atoms with van der Waals surface area (Å²) in [5, 5.41) is 7.37. The summed E-state index contributed by atoms with van der Waals surface area (Å²) in [5.41, 5.74) is 4.17. The van der Waals surface area contributed by atoms with Gasteiger partial charge in [-0.2, -0.15) is 0 Å². The number of piperidine rings is 1. The van der Waals surface area contributed by atoms with Gasteiger partial charge in [0.25, 0.3) is 0 Å². The number of benzene rings is 2. The van der Waals surface area contributed by atoms with E-state index in [-0.39, 0.29) is 36.3 Å². The number of pyridine rings is 1. The Balaban J connectivity index is 0.850. The van der Waals surface area contributed by atoms with Gasteiger partial charge in [-0.05, 0) is 73.4 Å². The Bertz CT molecular complexity index is 2490. The molecule has 0 spiro atoms. The van der Waals surface area contributed by atoms with E-state index in [2.05, 4.69) is 25.0 Å². The maximum Gasteiger partial charge on any atom is 0.329 e. The van der Waals surface area contributed by atoms with Crippen LogP contribution in [-0.4, -0.2) is 91.3 Å². The summed E-state index contributed by atoms with van der Waals surface area (Å²) in [6, 6.07) is 21.6. The number of hydrogen-bond donors (Lipinski definition) is 1. The number of nitrogens with zero attached hydrogens (tertiary/aromatic N) is 9. The van der Waals surface area contributed by atoms with E-state index >= 15 is 0 Å². The third-order valence-electron chi connectivity index (χ3n) is 11.1. The largest absolute Gasteiger partial charge is 0.490 e. The highest BCUT2D eigenvalue weighted by Gasteiger charge is 2.32. The highest BCUT2D eigenvalue weighted by atomic mass is 19.1. The summed E-state index contributed by atoms with van der Waals surface area (Å²) in [5.74, 6) is 1.27. The third-order valence-corrected chi connectivity index (χ3v) is 11.1. The summed E-state index contributed by atoms with van der Waals surface area (Å²) >= 11 is 0. The molecule has 2 atom stereocenters. The summed E-state index contributed by atoms with van der Waals surface area (Å²) < 4.78 is 25.2. The number of fused-ring (bicyclic) bond motifs is 2. The van der Waals surface area contributed by atoms with Gasteiger partial charge in [0.2, 0.25) is 11.8 Å². The van der Waals surface area contributed by atoms with Gasteiger partial charge in [-0.1, -0.05) is 24.3 Å². The molecule has 0 radical (unpaired) electrons. The average molecular weight is 745 g/mol. The smallest absolute Gasteiger partial charge is 0.329 e. The van der Waals surface area contributed by atoms with Crippen molar-refractivity contribution in [3.8, 4) is 17.1 Å². The predicted molar refractivity (Wildman–Crippen MR) is 205 cm³/mol. The van der Waals surface area contributed by atoms with Gasteiger partial charge in [0.05, 0.1) is 23.4 Å². The number of amides is 2. The number of anilines is 2. The van der Waals surface area contributed by atoms with Crippen LogP contribution >= 0.6 is 0 Å². The lowest BCUT2D eigenvalue weighted by Gasteiger charge is -2.35. The number of imidazole rings is 2. The number of para-hydroxylation sites is 1. The lowest BCUT2D eigenvalue weighted by Crippen LogP contribution is -2.47. The summed E-state index contributed by atoms with van der Waals surface area (Å²) in [7, 11) is 1.67. The average Bonchev–Trinajstić information content (AvgIpc) is 3.92. The fourth-order valence-corrected chi connectivity index (χ4v) is 8.27. The van der Waals surface area contributed by atoms with Gasteiger partial charge in [-0.3, -0.25) is 28.9 Å². The molecule has 3 saturated heterocycles. The van der Waals surface area contributed by atoms with Crippen molar-refractivity contribution in [3.05, 3.63) is 101 Å². The Hall–Kier alpha value is -6.09. The highest BCUT2D eigenvalue weighted by Crippen LogP contribution is 2.36. The molecule has 0 bridgehead atoms. The number of halogens is 1. The monoisotopic (exact) mass is 744 g/mol. The van der Waals surface area contributed by atoms with E-state index in [1.165, 1.54) is 15.2 Å². The zero-order valence-corrected chi connectivity index (χ0v) is 30.5. The molecule has 6 aromatic rings. The van der Waals surface area contributed by atoms with Crippen molar-refractivity contribution in [1.82, 2.24) is 38.9 Å². The number of aromatic nitrogens is 6. The van der Waals surface area contributed by atoms with Crippen LogP contribution in [0, 0.1) is 5.82 Å². The SMILES string of the molecule is Cn1c(=O)n(C2CCC(=O)NC2=O)c2cccc(OCCN3CCN(c4cccc(-c5cnc6ccc(N7CCC[C@@H]7c7cccc(F)c7)nn56)n4)CC3)c21. The van der Waals surface area contributed by atoms with Crippen LogP contribution in [0.2, 0.25) is 0 Å². The van der Waals surface area contributed by atoms with Gasteiger partial charge >= 0.3 is 5.69 Å². The molecule has 7 heterocycles. The molecule has 55 heavy (non-hydrogen) atoms. The first-order valence-electron chi connectivity index (χ1n) is 18.8. The molecule has 2 amide bonds. The van der Waals surface area contributed by atoms with Crippen LogP contribution in [0.4, 0.5) is 16.0 Å². The van der Waals surface area contributed by atoms with Crippen LogP contribution in [0.5, 0.6) is 5.75 Å². The molecule has 1 N–H and O–H groups in total. The molecule has 9 rings (SSSR count). The first-order valence-corrected chi connectivity index (χ1v) is 18.8. The molecule has 1 unspecified atom stereocenters. The number of hydrogen-bond acceptors (Lipinski definition) is 10. The van der Waals surface area contributed by atoms with Crippen molar-refractivity contribution in [2.24, 2.45) is 7.05 Å². The van der Waals surface area contributed by atoms with E-state index in [9.17, 15) is 18.8 Å². The number of nitrogens with one attached hydrogen (secondary N) is 1. The van der Waals surface area contributed by atoms with Gasteiger partial charge in [-0.15, -0.1) is 5.10 Å². The number of aryl methyl sites for hydroxylation is 1. The van der Waals surface area contributed by atoms with E-state index in [4.69, 9.17) is 14.8 Å². The van der Waals surface area contributed by atoms with Crippen molar-refractivity contribution < 1.29 is 18.7 Å². The van der Waals surface area contributed by atoms with Crippen LogP contribution in [-0.2, 0) is 16.6 Å². The topological polar surface area (TPSA) is 135 Å². The fourth-order valence-electron chi connectivity index (χ4n) is 8.27. The van der Waals surface area contributed by atoms with E-state index in [0.29, 0.717) is 29.9 Å². The van der Waals surface area contributed by atoms with E-state index in [1.54, 1.807) is 25.2 Å². The van der Waals surface area contributed by atoms with Crippen LogP contribution in [0.15, 0.2) is 83.8 Å². The van der Waals surface area contributed by atoms with E-state index < -0.39 is 11.9 Å². The summed E-state index contributed by atoms with van der Waals surface area (Å²) in [4.78, 5) is 54.2. The fraction of sp³-hybridized carbons (Fsp3) is 0.350. The Morgan fingerprint density at radius 2 is 1.73 bits per heavy atom. The summed E-state index contributed by atoms with van der Waals surface area (Å²) in [6.07, 6.45) is 4.21. The zero-order chi connectivity index (χ0) is 37.6. The highest BCUT2D eigenvalue weighted by molar-refractivity contribution is 6.00.